The van der Waals surface area contributed by atoms with Gasteiger partial charge in [0.15, 0.2) is 17.2 Å². The molecule has 0 saturated heterocycles. The van der Waals surface area contributed by atoms with Crippen LogP contribution in [0.15, 0.2) is 17.0 Å². The van der Waals surface area contributed by atoms with Crippen molar-refractivity contribution in [3.8, 4) is 5.75 Å². The number of amides is 1. The van der Waals surface area contributed by atoms with Gasteiger partial charge in [-0.3, -0.25) is 9.48 Å². The molecule has 0 spiro atoms. The van der Waals surface area contributed by atoms with Crippen molar-refractivity contribution in [3.63, 3.8) is 0 Å². The number of nitrogens with one attached hydrogen (secondary N) is 1. The van der Waals surface area contributed by atoms with E-state index in [1.54, 1.807) is 31.0 Å². The quantitative estimate of drug-likeness (QED) is 0.870. The Kier molecular flexibility index (Phi) is 2.51. The molecule has 1 aliphatic rings. The van der Waals surface area contributed by atoms with Crippen LogP contribution in [0.5, 0.6) is 5.75 Å². The van der Waals surface area contributed by atoms with Crippen LogP contribution in [0.4, 0.5) is 5.82 Å². The monoisotopic (exact) mass is 263 g/mol. The summed E-state index contributed by atoms with van der Waals surface area (Å²) in [5.41, 5.74) is -0.292. The van der Waals surface area contributed by atoms with Gasteiger partial charge in [-0.05, 0) is 12.1 Å². The molecule has 1 saturated carbocycles. The fraction of sp³-hybridized carbons (Fsp3) is 0.455. The van der Waals surface area contributed by atoms with Crippen LogP contribution in [0.2, 0.25) is 0 Å². The van der Waals surface area contributed by atoms with Gasteiger partial charge in [0.2, 0.25) is 0 Å². The first-order chi connectivity index (χ1) is 9.09. The standard InChI is InChI=1S/C11H13N5O3/c1-7-9(15-19-14-7)13-10(17)11(3-4-11)18-8-5-12-16(2)6-8/h5-6H,3-4H2,1-2H3,(H,13,15,17). The van der Waals surface area contributed by atoms with Crippen molar-refractivity contribution in [1.82, 2.24) is 20.1 Å². The minimum atomic E-state index is -0.825. The Hall–Kier alpha value is -2.38. The average molecular weight is 263 g/mol. The maximum Gasteiger partial charge on any atom is 0.269 e. The van der Waals surface area contributed by atoms with E-state index in [1.165, 1.54) is 0 Å². The molecular weight excluding hydrogens is 250 g/mol. The molecule has 0 aromatic carbocycles. The van der Waals surface area contributed by atoms with Gasteiger partial charge < -0.3 is 10.1 Å². The van der Waals surface area contributed by atoms with Crippen molar-refractivity contribution < 1.29 is 14.2 Å². The number of nitrogens with zero attached hydrogens (tertiary/aromatic N) is 4. The van der Waals surface area contributed by atoms with Gasteiger partial charge in [-0.2, -0.15) is 5.10 Å². The number of aromatic nitrogens is 4. The number of anilines is 1. The van der Waals surface area contributed by atoms with Gasteiger partial charge >= 0.3 is 0 Å². The predicted molar refractivity (Wildman–Crippen MR) is 63.5 cm³/mol. The summed E-state index contributed by atoms with van der Waals surface area (Å²) in [6, 6.07) is 0. The van der Waals surface area contributed by atoms with Crippen LogP contribution < -0.4 is 10.1 Å². The minimum absolute atomic E-state index is 0.241. The summed E-state index contributed by atoms with van der Waals surface area (Å²) in [4.78, 5) is 12.2. The number of ether oxygens (including phenoxy) is 1. The second kappa shape index (κ2) is 4.08. The van der Waals surface area contributed by atoms with Gasteiger partial charge in [0.1, 0.15) is 5.69 Å². The van der Waals surface area contributed by atoms with Gasteiger partial charge in [0, 0.05) is 19.9 Å². The molecule has 0 radical (unpaired) electrons. The highest BCUT2D eigenvalue weighted by molar-refractivity contribution is 5.99. The first-order valence-corrected chi connectivity index (χ1v) is 5.87. The molecule has 0 unspecified atom stereocenters. The Balaban J connectivity index is 1.71. The molecule has 2 aromatic rings. The van der Waals surface area contributed by atoms with E-state index in [-0.39, 0.29) is 5.91 Å². The number of hydrogen-bond acceptors (Lipinski definition) is 6. The second-order valence-corrected chi connectivity index (χ2v) is 4.60. The smallest absolute Gasteiger partial charge is 0.269 e. The molecule has 1 N–H and O–H groups in total. The second-order valence-electron chi connectivity index (χ2n) is 4.60. The highest BCUT2D eigenvalue weighted by atomic mass is 16.6. The number of carbonyl (C=O) groups excluding carboxylic acids is 1. The van der Waals surface area contributed by atoms with Crippen LogP contribution in [0, 0.1) is 6.92 Å². The molecule has 1 aliphatic carbocycles. The topological polar surface area (TPSA) is 95.1 Å². The van der Waals surface area contributed by atoms with Gasteiger partial charge in [0.05, 0.1) is 12.4 Å². The summed E-state index contributed by atoms with van der Waals surface area (Å²) < 4.78 is 11.9. The number of aryl methyl sites for hydroxylation is 2. The van der Waals surface area contributed by atoms with Crippen LogP contribution in [-0.2, 0) is 11.8 Å². The molecule has 0 bridgehead atoms. The molecule has 100 valence electrons. The van der Waals surface area contributed by atoms with E-state index in [0.29, 0.717) is 30.1 Å². The molecule has 8 heteroatoms. The van der Waals surface area contributed by atoms with Crippen LogP contribution in [0.3, 0.4) is 0 Å². The molecule has 8 nitrogen and oxygen atoms in total. The maximum absolute atomic E-state index is 12.2. The highest BCUT2D eigenvalue weighted by Crippen LogP contribution is 2.41. The van der Waals surface area contributed by atoms with Gasteiger partial charge in [-0.1, -0.05) is 5.16 Å². The summed E-state index contributed by atoms with van der Waals surface area (Å²) in [5, 5.41) is 13.9. The SMILES string of the molecule is Cc1nonc1NC(=O)C1(Oc2cnn(C)c2)CC1. The minimum Gasteiger partial charge on any atom is -0.474 e. The van der Waals surface area contributed by atoms with Crippen molar-refractivity contribution in [2.24, 2.45) is 7.05 Å². The average Bonchev–Trinajstić information content (AvgIpc) is 2.88. The third-order valence-electron chi connectivity index (χ3n) is 3.00. The zero-order valence-electron chi connectivity index (χ0n) is 10.6. The van der Waals surface area contributed by atoms with E-state index in [1.807, 2.05) is 0 Å². The molecule has 1 amide bonds. The van der Waals surface area contributed by atoms with Gasteiger partial charge in [0.25, 0.3) is 5.91 Å². The Morgan fingerprint density at radius 2 is 2.32 bits per heavy atom. The van der Waals surface area contributed by atoms with Crippen LogP contribution >= 0.6 is 0 Å². The summed E-state index contributed by atoms with van der Waals surface area (Å²) in [6.45, 7) is 1.70. The van der Waals surface area contributed by atoms with Crippen LogP contribution in [0.25, 0.3) is 0 Å². The van der Waals surface area contributed by atoms with Crippen molar-refractivity contribution in [1.29, 1.82) is 0 Å². The van der Waals surface area contributed by atoms with Crippen molar-refractivity contribution in [2.75, 3.05) is 5.32 Å². The third kappa shape index (κ3) is 2.16. The predicted octanol–water partition coefficient (Wildman–Crippen LogP) is 0.662. The summed E-state index contributed by atoms with van der Waals surface area (Å²) in [7, 11) is 1.79. The van der Waals surface area contributed by atoms with E-state index in [4.69, 9.17) is 4.74 Å². The van der Waals surface area contributed by atoms with Gasteiger partial charge in [-0.25, -0.2) is 4.63 Å². The maximum atomic E-state index is 12.2. The van der Waals surface area contributed by atoms with Crippen LogP contribution in [0.1, 0.15) is 18.5 Å². The van der Waals surface area contributed by atoms with Crippen LogP contribution in [-0.4, -0.2) is 31.6 Å². The normalized spacial score (nSPS) is 16.1. The number of rotatable bonds is 4. The fourth-order valence-corrected chi connectivity index (χ4v) is 1.73. The Bertz CT molecular complexity index is 613. The summed E-state index contributed by atoms with van der Waals surface area (Å²) in [5.74, 6) is 0.659. The van der Waals surface area contributed by atoms with E-state index in [0.717, 1.165) is 0 Å². The molecule has 3 rings (SSSR count). The lowest BCUT2D eigenvalue weighted by molar-refractivity contribution is -0.124. The first kappa shape index (κ1) is 11.7. The lowest BCUT2D eigenvalue weighted by Crippen LogP contribution is -2.35. The zero-order valence-corrected chi connectivity index (χ0v) is 10.6. The molecule has 0 atom stereocenters. The van der Waals surface area contributed by atoms with E-state index in [2.05, 4.69) is 25.4 Å². The third-order valence-corrected chi connectivity index (χ3v) is 3.00. The Morgan fingerprint density at radius 3 is 2.84 bits per heavy atom. The van der Waals surface area contributed by atoms with Gasteiger partial charge in [-0.15, -0.1) is 0 Å². The number of carbonyl (C=O) groups is 1. The summed E-state index contributed by atoms with van der Waals surface area (Å²) >= 11 is 0. The van der Waals surface area contributed by atoms with E-state index in [9.17, 15) is 4.79 Å². The molecule has 19 heavy (non-hydrogen) atoms. The van der Waals surface area contributed by atoms with Crippen molar-refractivity contribution >= 4 is 11.7 Å². The molecule has 1 fully saturated rings. The molecule has 2 heterocycles. The molecule has 2 aromatic heterocycles. The largest absolute Gasteiger partial charge is 0.474 e. The lowest BCUT2D eigenvalue weighted by Gasteiger charge is -2.15. The van der Waals surface area contributed by atoms with Crippen molar-refractivity contribution in [2.45, 2.75) is 25.4 Å². The van der Waals surface area contributed by atoms with E-state index >= 15 is 0 Å². The van der Waals surface area contributed by atoms with Crippen molar-refractivity contribution in [3.05, 3.63) is 18.1 Å². The van der Waals surface area contributed by atoms with E-state index < -0.39 is 5.60 Å². The highest BCUT2D eigenvalue weighted by Gasteiger charge is 2.53. The molecule has 0 aliphatic heterocycles. The Labute approximate surface area is 108 Å². The number of hydrogen-bond donors (Lipinski definition) is 1. The lowest BCUT2D eigenvalue weighted by atomic mass is 10.3. The first-order valence-electron chi connectivity index (χ1n) is 5.87. The fourth-order valence-electron chi connectivity index (χ4n) is 1.73. The molecular formula is C11H13N5O3. The Morgan fingerprint density at radius 1 is 1.53 bits per heavy atom. The summed E-state index contributed by atoms with van der Waals surface area (Å²) in [6.07, 6.45) is 4.63. The zero-order chi connectivity index (χ0) is 13.5.